The molecule has 1 aliphatic carbocycles. The Bertz CT molecular complexity index is 586. The first-order valence-corrected chi connectivity index (χ1v) is 13.1. The van der Waals surface area contributed by atoms with Crippen LogP contribution in [0.5, 0.6) is 0 Å². The molecule has 2 aromatic carbocycles. The van der Waals surface area contributed by atoms with Gasteiger partial charge < -0.3 is 12.5 Å². The summed E-state index contributed by atoms with van der Waals surface area (Å²) >= 11 is -0.556. The van der Waals surface area contributed by atoms with E-state index >= 15 is 0 Å². The Labute approximate surface area is 183 Å². The molecule has 0 atom stereocenters. The molecule has 0 radical (unpaired) electrons. The quantitative estimate of drug-likeness (QED) is 0.380. The second-order valence-corrected chi connectivity index (χ2v) is 9.80. The Balaban J connectivity index is 0.00000127. The van der Waals surface area contributed by atoms with E-state index in [0.29, 0.717) is 5.92 Å². The third kappa shape index (κ3) is 5.84. The molecule has 2 aromatic rings. The molecule has 0 heterocycles. The number of benzene rings is 2. The van der Waals surface area contributed by atoms with Gasteiger partial charge in [-0.15, -0.1) is 0 Å². The topological polar surface area (TPSA) is 20.2 Å². The van der Waals surface area contributed by atoms with Crippen LogP contribution in [-0.2, 0) is 22.6 Å². The Morgan fingerprint density at radius 1 is 0.852 bits per heavy atom. The van der Waals surface area contributed by atoms with Gasteiger partial charge in [-0.2, -0.15) is 0 Å². The molecule has 27 heavy (non-hydrogen) atoms. The average Bonchev–Trinajstić information content (AvgIpc) is 3.18. The van der Waals surface area contributed by atoms with E-state index in [2.05, 4.69) is 38.1 Å². The first-order chi connectivity index (χ1) is 12.0. The molecule has 1 N–H and O–H groups in total. The number of halogens is 2. The van der Waals surface area contributed by atoms with E-state index in [1.54, 1.807) is 0 Å². The van der Waals surface area contributed by atoms with Gasteiger partial charge in [0.25, 0.3) is 0 Å². The molecule has 1 saturated carbocycles. The van der Waals surface area contributed by atoms with E-state index in [0.717, 1.165) is 11.1 Å². The Morgan fingerprint density at radius 3 is 1.52 bits per heavy atom. The van der Waals surface area contributed by atoms with Crippen LogP contribution in [0.1, 0.15) is 58.1 Å². The van der Waals surface area contributed by atoms with Crippen LogP contribution >= 0.6 is 18.6 Å². The summed E-state index contributed by atoms with van der Waals surface area (Å²) in [7, 11) is 9.78. The molecule has 150 valence electrons. The normalized spacial score (nSPS) is 14.3. The van der Waals surface area contributed by atoms with Gasteiger partial charge in [0.2, 0.25) is 0 Å². The molecule has 1 fully saturated rings. The number of rotatable bonds is 4. The van der Waals surface area contributed by atoms with Crippen molar-refractivity contribution in [3.63, 3.8) is 0 Å². The van der Waals surface area contributed by atoms with Gasteiger partial charge in [0.1, 0.15) is 5.60 Å². The third-order valence-electron chi connectivity index (χ3n) is 5.69. The zero-order valence-corrected chi connectivity index (χ0v) is 19.0. The second-order valence-electron chi connectivity index (χ2n) is 7.22. The zero-order valence-electron chi connectivity index (χ0n) is 15.9. The third-order valence-corrected chi connectivity index (χ3v) is 5.69. The van der Waals surface area contributed by atoms with E-state index in [1.807, 2.05) is 36.4 Å². The summed E-state index contributed by atoms with van der Waals surface area (Å²) < 4.78 is 0. The van der Waals surface area contributed by atoms with Crippen LogP contribution in [0.15, 0.2) is 60.7 Å². The van der Waals surface area contributed by atoms with Gasteiger partial charge >= 0.3 is 35.6 Å². The Hall–Kier alpha value is -0.306. The number of aliphatic hydroxyl groups is 1. The van der Waals surface area contributed by atoms with E-state index in [-0.39, 0.29) is 20.3 Å². The van der Waals surface area contributed by atoms with Gasteiger partial charge in [0, 0.05) is 5.41 Å². The zero-order chi connectivity index (χ0) is 18.3. The maximum absolute atomic E-state index is 11.9. The molecule has 0 spiro atoms. The molecule has 4 heteroatoms. The Kier molecular flexibility index (Phi) is 12.2. The molecule has 0 amide bonds. The van der Waals surface area contributed by atoms with Crippen LogP contribution in [-0.4, -0.2) is 5.11 Å². The van der Waals surface area contributed by atoms with Crippen LogP contribution in [0.4, 0.5) is 0 Å². The van der Waals surface area contributed by atoms with Gasteiger partial charge in [-0.3, -0.25) is 0 Å². The summed E-state index contributed by atoms with van der Waals surface area (Å²) in [5.74, 6) is 0.554. The summed E-state index contributed by atoms with van der Waals surface area (Å²) in [6.07, 6.45) is 5.01. The average molecular weight is 444 g/mol. The molecule has 0 unspecified atom stereocenters. The minimum absolute atomic E-state index is 0. The monoisotopic (exact) mass is 443 g/mol. The predicted octanol–water partition coefficient (Wildman–Crippen LogP) is 7.60. The predicted molar refractivity (Wildman–Crippen MR) is 116 cm³/mol. The van der Waals surface area contributed by atoms with E-state index in [9.17, 15) is 5.11 Å². The molecule has 0 aromatic heterocycles. The summed E-state index contributed by atoms with van der Waals surface area (Å²) in [6, 6.07) is 20.3. The standard InChI is InChI=1S/C21H26O.CH4.CH3.2ClH.Ti/c1-20(2,17-11-9-10-12-17)21(22,18-13-5-3-6-14-18)19-15-7-4-8-16-19;;;;;/h3-8,13-17,22H,9-12H2,1-2H3;1H4;1H3;2*1H;/q;;-1;;;+2/p-2. The molecule has 0 saturated heterocycles. The fourth-order valence-electron chi connectivity index (χ4n) is 4.21. The second kappa shape index (κ2) is 12.3. The fourth-order valence-corrected chi connectivity index (χ4v) is 4.21. The van der Waals surface area contributed by atoms with Gasteiger partial charge in [-0.05, 0) is 29.9 Å². The van der Waals surface area contributed by atoms with E-state index < -0.39 is 22.6 Å². The van der Waals surface area contributed by atoms with Crippen molar-refractivity contribution in [1.82, 2.24) is 0 Å². The molecule has 0 bridgehead atoms. The van der Waals surface area contributed by atoms with Crippen molar-refractivity contribution >= 4 is 18.6 Å². The number of hydrogen-bond donors (Lipinski definition) is 1. The van der Waals surface area contributed by atoms with Crippen molar-refractivity contribution in [2.45, 2.75) is 52.6 Å². The van der Waals surface area contributed by atoms with Crippen molar-refractivity contribution in [2.75, 3.05) is 0 Å². The van der Waals surface area contributed by atoms with Crippen molar-refractivity contribution in [2.24, 2.45) is 11.3 Å². The van der Waals surface area contributed by atoms with Gasteiger partial charge in [-0.25, -0.2) is 0 Å². The van der Waals surface area contributed by atoms with E-state index in [1.165, 1.54) is 25.7 Å². The van der Waals surface area contributed by atoms with Gasteiger partial charge in [0.15, 0.2) is 0 Å². The van der Waals surface area contributed by atoms with Crippen molar-refractivity contribution in [1.29, 1.82) is 0 Å². The van der Waals surface area contributed by atoms with Gasteiger partial charge in [-0.1, -0.05) is 94.8 Å². The first-order valence-electron chi connectivity index (χ1n) is 8.78. The molecule has 1 nitrogen and oxygen atoms in total. The molecular formula is C23H33Cl2OTi-. The van der Waals surface area contributed by atoms with Crippen molar-refractivity contribution < 1.29 is 22.1 Å². The van der Waals surface area contributed by atoms with E-state index in [4.69, 9.17) is 18.6 Å². The minimum atomic E-state index is -0.954. The molecular weight excluding hydrogens is 411 g/mol. The summed E-state index contributed by atoms with van der Waals surface area (Å²) in [4.78, 5) is 0. The van der Waals surface area contributed by atoms with Crippen LogP contribution < -0.4 is 0 Å². The van der Waals surface area contributed by atoms with Crippen LogP contribution in [0, 0.1) is 18.8 Å². The molecule has 0 aliphatic heterocycles. The molecule has 3 rings (SSSR count). The fraction of sp³-hybridized carbons (Fsp3) is 0.435. The van der Waals surface area contributed by atoms with Crippen LogP contribution in [0.25, 0.3) is 0 Å². The summed E-state index contributed by atoms with van der Waals surface area (Å²) in [6.45, 7) is 4.48. The van der Waals surface area contributed by atoms with Crippen molar-refractivity contribution in [3.8, 4) is 0 Å². The van der Waals surface area contributed by atoms with Crippen molar-refractivity contribution in [3.05, 3.63) is 79.2 Å². The maximum atomic E-state index is 11.9. The summed E-state index contributed by atoms with van der Waals surface area (Å²) in [5, 5.41) is 11.9. The van der Waals surface area contributed by atoms with Crippen LogP contribution in [0.3, 0.4) is 0 Å². The Morgan fingerprint density at radius 2 is 1.19 bits per heavy atom. The van der Waals surface area contributed by atoms with Crippen LogP contribution in [0.2, 0.25) is 0 Å². The molecule has 1 aliphatic rings. The SMILES string of the molecule is C.CC(C)(C1CCCC1)C(O)(c1ccccc1)c1ccccc1.[CH3-].[Cl][Ti][Cl]. The van der Waals surface area contributed by atoms with Gasteiger partial charge in [0.05, 0.1) is 0 Å². The number of hydrogen-bond acceptors (Lipinski definition) is 1. The first kappa shape index (κ1) is 26.7. The summed E-state index contributed by atoms with van der Waals surface area (Å²) in [5.41, 5.74) is 0.840.